The van der Waals surface area contributed by atoms with Crippen molar-refractivity contribution in [1.82, 2.24) is 15.5 Å². The van der Waals surface area contributed by atoms with Gasteiger partial charge < -0.3 is 10.6 Å². The number of halogens is 4. The molecule has 0 radical (unpaired) electrons. The van der Waals surface area contributed by atoms with E-state index in [9.17, 15) is 26.4 Å². The molecule has 11 heteroatoms. The first-order valence-electron chi connectivity index (χ1n) is 8.07. The van der Waals surface area contributed by atoms with Crippen molar-refractivity contribution < 1.29 is 26.4 Å². The fraction of sp³-hybridized carbons (Fsp3) is 0.929. The predicted molar refractivity (Wildman–Crippen MR) is 90.6 cm³/mol. The van der Waals surface area contributed by atoms with Gasteiger partial charge in [0.05, 0.1) is 0 Å². The number of nitrogens with zero attached hydrogens (tertiary/aromatic N) is 1. The molecule has 1 atom stereocenters. The first kappa shape index (κ1) is 22.5. The number of carbonyl (C=O) groups is 1. The molecule has 0 spiro atoms. The molecule has 0 aromatic carbocycles. The Kier molecular flexibility index (Phi) is 7.55. The highest BCUT2D eigenvalue weighted by Gasteiger charge is 2.51. The Hall–Kier alpha value is -0.580. The minimum Gasteiger partial charge on any atom is -0.353 e. The smallest absolute Gasteiger partial charge is 0.353 e. The maximum absolute atomic E-state index is 13.3. The quantitative estimate of drug-likeness (QED) is 0.702. The number of carbonyl (C=O) groups excluding carboxylic acids is 1. The van der Waals surface area contributed by atoms with Crippen LogP contribution in [0, 0.1) is 0 Å². The fourth-order valence-corrected chi connectivity index (χ4v) is 4.95. The highest BCUT2D eigenvalue weighted by atomic mass is 35.5. The molecule has 2 aliphatic rings. The zero-order valence-corrected chi connectivity index (χ0v) is 15.7. The van der Waals surface area contributed by atoms with Gasteiger partial charge in [0.15, 0.2) is 9.84 Å². The molecule has 1 saturated carbocycles. The van der Waals surface area contributed by atoms with E-state index in [4.69, 9.17) is 0 Å². The van der Waals surface area contributed by atoms with Crippen LogP contribution in [-0.2, 0) is 14.6 Å². The molecule has 6 nitrogen and oxygen atoms in total. The first-order valence-corrected chi connectivity index (χ1v) is 9.96. The van der Waals surface area contributed by atoms with Crippen molar-refractivity contribution in [2.45, 2.75) is 42.6 Å². The van der Waals surface area contributed by atoms with Crippen LogP contribution in [-0.4, -0.2) is 75.2 Å². The Bertz CT molecular complexity index is 559. The van der Waals surface area contributed by atoms with Crippen molar-refractivity contribution in [3.63, 3.8) is 0 Å². The largest absolute Gasteiger partial charge is 0.405 e. The Morgan fingerprint density at radius 3 is 2.20 bits per heavy atom. The van der Waals surface area contributed by atoms with Gasteiger partial charge in [-0.1, -0.05) is 12.8 Å². The topological polar surface area (TPSA) is 78.5 Å². The number of piperazine rings is 1. The minimum atomic E-state index is -4.49. The van der Waals surface area contributed by atoms with Gasteiger partial charge in [0.25, 0.3) is 0 Å². The van der Waals surface area contributed by atoms with E-state index in [2.05, 4.69) is 10.6 Å². The van der Waals surface area contributed by atoms with Crippen LogP contribution in [0.5, 0.6) is 0 Å². The van der Waals surface area contributed by atoms with Gasteiger partial charge in [-0.05, 0) is 12.8 Å². The van der Waals surface area contributed by atoms with E-state index in [1.807, 2.05) is 0 Å². The van der Waals surface area contributed by atoms with E-state index >= 15 is 0 Å². The second-order valence-electron chi connectivity index (χ2n) is 6.53. The van der Waals surface area contributed by atoms with Gasteiger partial charge >= 0.3 is 6.18 Å². The first-order chi connectivity index (χ1) is 11.1. The molecular weight excluding hydrogens is 383 g/mol. The van der Waals surface area contributed by atoms with E-state index in [0.717, 1.165) is 6.26 Å². The monoisotopic (exact) mass is 407 g/mol. The number of hydrogen-bond acceptors (Lipinski definition) is 5. The molecule has 0 aromatic heterocycles. The minimum absolute atomic E-state index is 0. The number of sulfone groups is 1. The lowest BCUT2D eigenvalue weighted by Crippen LogP contribution is -2.59. The van der Waals surface area contributed by atoms with Crippen LogP contribution in [0.25, 0.3) is 0 Å². The van der Waals surface area contributed by atoms with Crippen LogP contribution >= 0.6 is 12.4 Å². The summed E-state index contributed by atoms with van der Waals surface area (Å²) in [7, 11) is -3.69. The third kappa shape index (κ3) is 4.99. The van der Waals surface area contributed by atoms with Crippen LogP contribution in [0.2, 0.25) is 0 Å². The van der Waals surface area contributed by atoms with Crippen LogP contribution in [0.15, 0.2) is 0 Å². The van der Waals surface area contributed by atoms with Crippen molar-refractivity contribution in [2.75, 3.05) is 39.0 Å². The van der Waals surface area contributed by atoms with Gasteiger partial charge in [-0.3, -0.25) is 9.69 Å². The lowest BCUT2D eigenvalue weighted by atomic mass is 10.1. The van der Waals surface area contributed by atoms with E-state index in [-0.39, 0.29) is 38.3 Å². The summed E-state index contributed by atoms with van der Waals surface area (Å²) in [6.07, 6.45) is -2.00. The molecular formula is C14H25ClF3N3O3S. The molecule has 2 fully saturated rings. The summed E-state index contributed by atoms with van der Waals surface area (Å²) in [5, 5.41) is 5.26. The molecule has 25 heavy (non-hydrogen) atoms. The molecule has 0 aromatic rings. The fourth-order valence-electron chi connectivity index (χ4n) is 3.51. The van der Waals surface area contributed by atoms with Gasteiger partial charge in [0.2, 0.25) is 5.91 Å². The molecule has 0 bridgehead atoms. The summed E-state index contributed by atoms with van der Waals surface area (Å²) in [5.41, 5.74) is 0. The summed E-state index contributed by atoms with van der Waals surface area (Å²) in [4.78, 5) is 13.7. The van der Waals surface area contributed by atoms with Gasteiger partial charge in [0, 0.05) is 39.0 Å². The molecule has 1 heterocycles. The standard InChI is InChI=1S/C14H24F3N3O3S.ClH/c1-24(22,23)13(4-2-3-5-13)12(21)19-10-11(14(15,16)17)20-8-6-18-7-9-20;/h11,18H,2-10H2,1H3,(H,19,21);1H. The van der Waals surface area contributed by atoms with Crippen molar-refractivity contribution in [3.8, 4) is 0 Å². The third-order valence-corrected chi connectivity index (χ3v) is 6.97. The van der Waals surface area contributed by atoms with Crippen LogP contribution < -0.4 is 10.6 Å². The van der Waals surface area contributed by atoms with Crippen LogP contribution in [0.3, 0.4) is 0 Å². The van der Waals surface area contributed by atoms with E-state index in [0.29, 0.717) is 25.9 Å². The van der Waals surface area contributed by atoms with Gasteiger partial charge in [-0.2, -0.15) is 13.2 Å². The van der Waals surface area contributed by atoms with E-state index in [1.54, 1.807) is 0 Å². The number of nitrogens with one attached hydrogen (secondary N) is 2. The van der Waals surface area contributed by atoms with Gasteiger partial charge in [-0.15, -0.1) is 12.4 Å². The number of rotatable bonds is 5. The maximum atomic E-state index is 13.3. The average Bonchev–Trinajstić information content (AvgIpc) is 2.97. The van der Waals surface area contributed by atoms with Crippen LogP contribution in [0.1, 0.15) is 25.7 Å². The van der Waals surface area contributed by atoms with Gasteiger partial charge in [-0.25, -0.2) is 8.42 Å². The van der Waals surface area contributed by atoms with Crippen molar-refractivity contribution in [1.29, 1.82) is 0 Å². The summed E-state index contributed by atoms with van der Waals surface area (Å²) in [6.45, 7) is 0.746. The van der Waals surface area contributed by atoms with Crippen molar-refractivity contribution >= 4 is 28.2 Å². The molecule has 1 aliphatic carbocycles. The maximum Gasteiger partial charge on any atom is 0.405 e. The summed E-state index contributed by atoms with van der Waals surface area (Å²) < 4.78 is 62.5. The Labute approximate surface area is 152 Å². The molecule has 1 unspecified atom stereocenters. The molecule has 1 amide bonds. The van der Waals surface area contributed by atoms with Crippen LogP contribution in [0.4, 0.5) is 13.2 Å². The second kappa shape index (κ2) is 8.41. The second-order valence-corrected chi connectivity index (χ2v) is 8.85. The molecule has 1 aliphatic heterocycles. The van der Waals surface area contributed by atoms with Crippen molar-refractivity contribution in [2.24, 2.45) is 0 Å². The SMILES string of the molecule is CS(=O)(=O)C1(C(=O)NCC(N2CCNCC2)C(F)(F)F)CCCC1.Cl. The highest BCUT2D eigenvalue weighted by molar-refractivity contribution is 7.92. The van der Waals surface area contributed by atoms with Gasteiger partial charge in [0.1, 0.15) is 10.8 Å². The highest BCUT2D eigenvalue weighted by Crippen LogP contribution is 2.37. The summed E-state index contributed by atoms with van der Waals surface area (Å²) in [6, 6.07) is -1.80. The van der Waals surface area contributed by atoms with Crippen molar-refractivity contribution in [3.05, 3.63) is 0 Å². The Morgan fingerprint density at radius 2 is 1.76 bits per heavy atom. The zero-order chi connectivity index (χ0) is 18.0. The predicted octanol–water partition coefficient (Wildman–Crippen LogP) is 0.718. The lowest BCUT2D eigenvalue weighted by molar-refractivity contribution is -0.184. The average molecular weight is 408 g/mol. The zero-order valence-electron chi connectivity index (χ0n) is 14.1. The molecule has 148 valence electrons. The molecule has 1 saturated heterocycles. The lowest BCUT2D eigenvalue weighted by Gasteiger charge is -2.36. The number of hydrogen-bond donors (Lipinski definition) is 2. The third-order valence-electron chi connectivity index (χ3n) is 4.96. The van der Waals surface area contributed by atoms with E-state index < -0.39 is 39.3 Å². The number of alkyl halides is 3. The molecule has 2 rings (SSSR count). The van der Waals surface area contributed by atoms with E-state index in [1.165, 1.54) is 4.90 Å². The Morgan fingerprint density at radius 1 is 1.24 bits per heavy atom. The Balaban J connectivity index is 0.00000312. The summed E-state index contributed by atoms with van der Waals surface area (Å²) in [5.74, 6) is -0.799. The number of amides is 1. The normalized spacial score (nSPS) is 22.9. The molecule has 2 N–H and O–H groups in total. The summed E-state index contributed by atoms with van der Waals surface area (Å²) >= 11 is 0.